The maximum absolute atomic E-state index is 6.31. The molecule has 0 saturated heterocycles. The second-order valence-corrected chi connectivity index (χ2v) is 5.04. The monoisotopic (exact) mass is 255 g/mol. The molecule has 17 heavy (non-hydrogen) atoms. The molecule has 1 fully saturated rings. The summed E-state index contributed by atoms with van der Waals surface area (Å²) in [5, 5.41) is 0.606. The largest absolute Gasteiger partial charge is 0.496 e. The third-order valence-electron chi connectivity index (χ3n) is 3.51. The van der Waals surface area contributed by atoms with Gasteiger partial charge in [-0.2, -0.15) is 0 Å². The smallest absolute Gasteiger partial charge is 0.141 e. The number of hydrogen-bond acceptors (Lipinski definition) is 3. The zero-order valence-electron chi connectivity index (χ0n) is 10.7. The molecule has 1 aliphatic rings. The van der Waals surface area contributed by atoms with Crippen LogP contribution in [0.5, 0.6) is 11.5 Å². The van der Waals surface area contributed by atoms with Crippen LogP contribution in [0.25, 0.3) is 0 Å². The van der Waals surface area contributed by atoms with Gasteiger partial charge in [0.2, 0.25) is 0 Å². The average Bonchev–Trinajstić information content (AvgIpc) is 3.03. The van der Waals surface area contributed by atoms with Gasteiger partial charge in [-0.25, -0.2) is 0 Å². The van der Waals surface area contributed by atoms with Gasteiger partial charge in [0, 0.05) is 22.2 Å². The predicted octanol–water partition coefficient (Wildman–Crippen LogP) is 2.92. The highest BCUT2D eigenvalue weighted by atomic mass is 35.5. The highest BCUT2D eigenvalue weighted by Gasteiger charge is 2.45. The second-order valence-electron chi connectivity index (χ2n) is 4.66. The van der Waals surface area contributed by atoms with Gasteiger partial charge in [0.1, 0.15) is 11.5 Å². The first-order chi connectivity index (χ1) is 7.96. The fourth-order valence-corrected chi connectivity index (χ4v) is 2.69. The van der Waals surface area contributed by atoms with E-state index in [1.54, 1.807) is 14.2 Å². The minimum absolute atomic E-state index is 0.266. The Balaban J connectivity index is 2.75. The molecule has 0 unspecified atom stereocenters. The molecular weight excluding hydrogens is 238 g/mol. The minimum atomic E-state index is -0.266. The summed E-state index contributed by atoms with van der Waals surface area (Å²) in [5.41, 5.74) is 8.96. The summed E-state index contributed by atoms with van der Waals surface area (Å²) < 4.78 is 10.9. The maximum Gasteiger partial charge on any atom is 0.141 e. The standard InChI is InChI=1S/C13H18ClNO2/c1-7-9(13(15)5-6-13)11(16-3)8(2)10(14)12(7)17-4/h5-6,15H2,1-4H3. The van der Waals surface area contributed by atoms with Crippen LogP contribution in [0.2, 0.25) is 5.02 Å². The molecule has 0 radical (unpaired) electrons. The van der Waals surface area contributed by atoms with Gasteiger partial charge in [-0.15, -0.1) is 0 Å². The van der Waals surface area contributed by atoms with E-state index < -0.39 is 0 Å². The molecule has 0 aliphatic heterocycles. The van der Waals surface area contributed by atoms with Gasteiger partial charge in [-0.1, -0.05) is 11.6 Å². The van der Waals surface area contributed by atoms with Crippen LogP contribution in [0.4, 0.5) is 0 Å². The van der Waals surface area contributed by atoms with Crippen molar-refractivity contribution in [3.05, 3.63) is 21.7 Å². The van der Waals surface area contributed by atoms with Crippen molar-refractivity contribution >= 4 is 11.6 Å². The Morgan fingerprint density at radius 2 is 1.59 bits per heavy atom. The van der Waals surface area contributed by atoms with E-state index in [1.165, 1.54) is 0 Å². The number of ether oxygens (including phenoxy) is 2. The fraction of sp³-hybridized carbons (Fsp3) is 0.538. The Bertz CT molecular complexity index is 467. The summed E-state index contributed by atoms with van der Waals surface area (Å²) in [7, 11) is 3.28. The van der Waals surface area contributed by atoms with Gasteiger partial charge in [-0.3, -0.25) is 0 Å². The van der Waals surface area contributed by atoms with Crippen molar-refractivity contribution in [2.24, 2.45) is 5.73 Å². The molecule has 1 saturated carbocycles. The number of halogens is 1. The Morgan fingerprint density at radius 3 is 2.00 bits per heavy atom. The van der Waals surface area contributed by atoms with E-state index in [0.717, 1.165) is 35.3 Å². The van der Waals surface area contributed by atoms with E-state index in [4.69, 9.17) is 26.8 Å². The molecule has 0 spiro atoms. The summed E-state index contributed by atoms with van der Waals surface area (Å²) in [6, 6.07) is 0. The van der Waals surface area contributed by atoms with Gasteiger partial charge in [-0.05, 0) is 26.7 Å². The lowest BCUT2D eigenvalue weighted by atomic mass is 9.95. The van der Waals surface area contributed by atoms with Crippen LogP contribution in [-0.2, 0) is 5.54 Å². The predicted molar refractivity (Wildman–Crippen MR) is 69.1 cm³/mol. The summed E-state index contributed by atoms with van der Waals surface area (Å²) in [6.07, 6.45) is 1.96. The van der Waals surface area contributed by atoms with Crippen molar-refractivity contribution in [2.45, 2.75) is 32.2 Å². The molecule has 1 aromatic carbocycles. The van der Waals surface area contributed by atoms with Crippen LogP contribution in [-0.4, -0.2) is 14.2 Å². The molecule has 0 bridgehead atoms. The van der Waals surface area contributed by atoms with Crippen LogP contribution in [0.3, 0.4) is 0 Å². The maximum atomic E-state index is 6.31. The van der Waals surface area contributed by atoms with E-state index in [1.807, 2.05) is 13.8 Å². The first-order valence-corrected chi connectivity index (χ1v) is 6.04. The summed E-state index contributed by atoms with van der Waals surface area (Å²) in [6.45, 7) is 3.91. The van der Waals surface area contributed by atoms with Crippen LogP contribution in [0, 0.1) is 13.8 Å². The minimum Gasteiger partial charge on any atom is -0.496 e. The molecule has 4 heteroatoms. The zero-order valence-corrected chi connectivity index (χ0v) is 11.4. The number of nitrogens with two attached hydrogens (primary N) is 1. The quantitative estimate of drug-likeness (QED) is 0.903. The fourth-order valence-electron chi connectivity index (χ4n) is 2.39. The van der Waals surface area contributed by atoms with Crippen LogP contribution >= 0.6 is 11.6 Å². The molecule has 3 nitrogen and oxygen atoms in total. The number of rotatable bonds is 3. The van der Waals surface area contributed by atoms with Crippen LogP contribution in [0.15, 0.2) is 0 Å². The van der Waals surface area contributed by atoms with Gasteiger partial charge in [0.15, 0.2) is 0 Å². The van der Waals surface area contributed by atoms with Crippen molar-refractivity contribution in [1.82, 2.24) is 0 Å². The van der Waals surface area contributed by atoms with E-state index in [9.17, 15) is 0 Å². The molecule has 0 atom stereocenters. The molecule has 1 aromatic rings. The number of methoxy groups -OCH3 is 2. The number of hydrogen-bond donors (Lipinski definition) is 1. The van der Waals surface area contributed by atoms with Gasteiger partial charge < -0.3 is 15.2 Å². The van der Waals surface area contributed by atoms with Crippen LogP contribution < -0.4 is 15.2 Å². The van der Waals surface area contributed by atoms with Gasteiger partial charge >= 0.3 is 0 Å². The first kappa shape index (κ1) is 12.5. The van der Waals surface area contributed by atoms with Crippen LogP contribution in [0.1, 0.15) is 29.5 Å². The highest BCUT2D eigenvalue weighted by molar-refractivity contribution is 6.33. The summed E-state index contributed by atoms with van der Waals surface area (Å²) >= 11 is 6.28. The molecular formula is C13H18ClNO2. The molecule has 0 heterocycles. The van der Waals surface area contributed by atoms with Crippen molar-refractivity contribution in [3.8, 4) is 11.5 Å². The topological polar surface area (TPSA) is 44.5 Å². The van der Waals surface area contributed by atoms with Crippen molar-refractivity contribution in [1.29, 1.82) is 0 Å². The lowest BCUT2D eigenvalue weighted by Crippen LogP contribution is -2.22. The highest BCUT2D eigenvalue weighted by Crippen LogP contribution is 2.52. The Labute approximate surface area is 107 Å². The first-order valence-electron chi connectivity index (χ1n) is 5.66. The van der Waals surface area contributed by atoms with E-state index in [-0.39, 0.29) is 5.54 Å². The lowest BCUT2D eigenvalue weighted by molar-refractivity contribution is 0.388. The molecule has 0 aromatic heterocycles. The molecule has 2 rings (SSSR count). The van der Waals surface area contributed by atoms with E-state index in [2.05, 4.69) is 0 Å². The second kappa shape index (κ2) is 4.07. The van der Waals surface area contributed by atoms with Crippen molar-refractivity contribution in [2.75, 3.05) is 14.2 Å². The SMILES string of the molecule is COc1c(C)c(C2(N)CC2)c(OC)c(C)c1Cl. The van der Waals surface area contributed by atoms with Gasteiger partial charge in [0.05, 0.1) is 19.2 Å². The Hall–Kier alpha value is -0.930. The number of benzene rings is 1. The van der Waals surface area contributed by atoms with Gasteiger partial charge in [0.25, 0.3) is 0 Å². The average molecular weight is 256 g/mol. The Kier molecular flexibility index (Phi) is 3.00. The lowest BCUT2D eigenvalue weighted by Gasteiger charge is -2.22. The zero-order chi connectivity index (χ0) is 12.8. The van der Waals surface area contributed by atoms with Crippen molar-refractivity contribution < 1.29 is 9.47 Å². The molecule has 0 amide bonds. The van der Waals surface area contributed by atoms with E-state index in [0.29, 0.717) is 10.8 Å². The molecule has 94 valence electrons. The van der Waals surface area contributed by atoms with Crippen molar-refractivity contribution in [3.63, 3.8) is 0 Å². The summed E-state index contributed by atoms with van der Waals surface area (Å²) in [5.74, 6) is 1.50. The molecule has 1 aliphatic carbocycles. The molecule has 2 N–H and O–H groups in total. The van der Waals surface area contributed by atoms with E-state index >= 15 is 0 Å². The Morgan fingerprint density at radius 1 is 1.06 bits per heavy atom. The third kappa shape index (κ3) is 1.78. The summed E-state index contributed by atoms with van der Waals surface area (Å²) in [4.78, 5) is 0. The third-order valence-corrected chi connectivity index (χ3v) is 3.96. The normalized spacial score (nSPS) is 16.8.